The average molecular weight is 357 g/mol. The summed E-state index contributed by atoms with van der Waals surface area (Å²) in [4.78, 5) is 24.4. The molecule has 0 fully saturated rings. The monoisotopic (exact) mass is 356 g/mol. The molecule has 0 saturated carbocycles. The Balaban J connectivity index is 1.87. The Kier molecular flexibility index (Phi) is 5.83. The highest BCUT2D eigenvalue weighted by Crippen LogP contribution is 2.20. The Hall–Kier alpha value is -1.56. The Bertz CT molecular complexity index is 674. The van der Waals surface area contributed by atoms with Gasteiger partial charge in [-0.2, -0.15) is 0 Å². The topological polar surface area (TPSA) is 58.2 Å². The van der Waals surface area contributed by atoms with Crippen LogP contribution in [0.4, 0.5) is 0 Å². The summed E-state index contributed by atoms with van der Waals surface area (Å²) in [5.74, 6) is -0.543. The van der Waals surface area contributed by atoms with E-state index < -0.39 is 6.04 Å². The normalized spacial score (nSPS) is 11.8. The van der Waals surface area contributed by atoms with Crippen LogP contribution in [0.25, 0.3) is 0 Å². The predicted molar refractivity (Wildman–Crippen MR) is 89.6 cm³/mol. The van der Waals surface area contributed by atoms with Crippen molar-refractivity contribution in [3.63, 3.8) is 0 Å². The number of carbonyl (C=O) groups is 2. The van der Waals surface area contributed by atoms with Gasteiger partial charge in [-0.3, -0.25) is 9.59 Å². The molecule has 116 valence electrons. The Morgan fingerprint density at radius 2 is 2.05 bits per heavy atom. The van der Waals surface area contributed by atoms with Crippen molar-refractivity contribution >= 4 is 46.4 Å². The molecule has 0 spiro atoms. The summed E-state index contributed by atoms with van der Waals surface area (Å²) in [6.07, 6.45) is 0. The fourth-order valence-electron chi connectivity index (χ4n) is 1.74. The molecule has 4 nitrogen and oxygen atoms in total. The maximum atomic E-state index is 12.0. The number of hydrogen-bond donors (Lipinski definition) is 2. The highest BCUT2D eigenvalue weighted by molar-refractivity contribution is 7.12. The first-order valence-electron chi connectivity index (χ1n) is 6.53. The second-order valence-corrected chi connectivity index (χ2v) is 6.42. The largest absolute Gasteiger partial charge is 0.350 e. The SMILES string of the molecule is CC(NC(=O)c1cccs1)C(=O)NCc1ccc(Cl)cc1Cl. The highest BCUT2D eigenvalue weighted by atomic mass is 35.5. The lowest BCUT2D eigenvalue weighted by Crippen LogP contribution is -2.44. The Labute approximate surface area is 142 Å². The second-order valence-electron chi connectivity index (χ2n) is 4.63. The van der Waals surface area contributed by atoms with Gasteiger partial charge < -0.3 is 10.6 Å². The zero-order valence-corrected chi connectivity index (χ0v) is 14.1. The van der Waals surface area contributed by atoms with Gasteiger partial charge in [0.15, 0.2) is 0 Å². The van der Waals surface area contributed by atoms with Crippen molar-refractivity contribution < 1.29 is 9.59 Å². The minimum atomic E-state index is -0.638. The molecule has 0 aliphatic rings. The fourth-order valence-corrected chi connectivity index (χ4v) is 2.84. The van der Waals surface area contributed by atoms with Crippen molar-refractivity contribution in [1.29, 1.82) is 0 Å². The van der Waals surface area contributed by atoms with Gasteiger partial charge in [0.2, 0.25) is 5.91 Å². The number of nitrogens with one attached hydrogen (secondary N) is 2. The number of rotatable bonds is 5. The maximum absolute atomic E-state index is 12.0. The first kappa shape index (κ1) is 16.8. The number of hydrogen-bond acceptors (Lipinski definition) is 3. The van der Waals surface area contributed by atoms with E-state index >= 15 is 0 Å². The van der Waals surface area contributed by atoms with E-state index in [1.165, 1.54) is 11.3 Å². The summed E-state index contributed by atoms with van der Waals surface area (Å²) in [7, 11) is 0. The van der Waals surface area contributed by atoms with E-state index in [2.05, 4.69) is 10.6 Å². The number of thiophene rings is 1. The molecule has 0 aliphatic heterocycles. The standard InChI is InChI=1S/C15H14Cl2N2O2S/c1-9(19-15(21)13-3-2-6-22-13)14(20)18-8-10-4-5-11(16)7-12(10)17/h2-7,9H,8H2,1H3,(H,18,20)(H,19,21). The van der Waals surface area contributed by atoms with Gasteiger partial charge in [-0.25, -0.2) is 0 Å². The Morgan fingerprint density at radius 3 is 2.68 bits per heavy atom. The summed E-state index contributed by atoms with van der Waals surface area (Å²) in [5.41, 5.74) is 0.760. The first-order valence-corrected chi connectivity index (χ1v) is 8.17. The molecule has 0 radical (unpaired) electrons. The van der Waals surface area contributed by atoms with Gasteiger partial charge in [-0.15, -0.1) is 11.3 Å². The Morgan fingerprint density at radius 1 is 1.27 bits per heavy atom. The van der Waals surface area contributed by atoms with Gasteiger partial charge in [0.1, 0.15) is 6.04 Å². The van der Waals surface area contributed by atoms with E-state index in [1.807, 2.05) is 5.38 Å². The smallest absolute Gasteiger partial charge is 0.261 e. The molecule has 22 heavy (non-hydrogen) atoms. The van der Waals surface area contributed by atoms with Gasteiger partial charge >= 0.3 is 0 Å². The minimum Gasteiger partial charge on any atom is -0.350 e. The van der Waals surface area contributed by atoms with E-state index in [4.69, 9.17) is 23.2 Å². The quantitative estimate of drug-likeness (QED) is 0.861. The average Bonchev–Trinajstić information content (AvgIpc) is 3.00. The van der Waals surface area contributed by atoms with Crippen molar-refractivity contribution in [2.45, 2.75) is 19.5 Å². The van der Waals surface area contributed by atoms with Crippen molar-refractivity contribution in [3.05, 3.63) is 56.2 Å². The molecule has 7 heteroatoms. The van der Waals surface area contributed by atoms with Crippen LogP contribution in [0.1, 0.15) is 22.2 Å². The van der Waals surface area contributed by atoms with Gasteiger partial charge in [0.25, 0.3) is 5.91 Å². The summed E-state index contributed by atoms with van der Waals surface area (Å²) < 4.78 is 0. The zero-order valence-electron chi connectivity index (χ0n) is 11.7. The number of halogens is 2. The third-order valence-electron chi connectivity index (χ3n) is 2.95. The second kappa shape index (κ2) is 7.63. The predicted octanol–water partition coefficient (Wildman–Crippen LogP) is 3.49. The van der Waals surface area contributed by atoms with Crippen molar-refractivity contribution in [3.8, 4) is 0 Å². The summed E-state index contributed by atoms with van der Waals surface area (Å²) in [5, 5.41) is 8.21. The summed E-state index contributed by atoms with van der Waals surface area (Å²) in [6.45, 7) is 1.90. The third kappa shape index (κ3) is 4.47. The van der Waals surface area contributed by atoms with Crippen molar-refractivity contribution in [2.75, 3.05) is 0 Å². The maximum Gasteiger partial charge on any atom is 0.261 e. The lowest BCUT2D eigenvalue weighted by molar-refractivity contribution is -0.122. The van der Waals surface area contributed by atoms with Gasteiger partial charge in [-0.05, 0) is 36.1 Å². The number of amides is 2. The van der Waals surface area contributed by atoms with Crippen molar-refractivity contribution in [2.24, 2.45) is 0 Å². The van der Waals surface area contributed by atoms with E-state index in [-0.39, 0.29) is 18.4 Å². The van der Waals surface area contributed by atoms with E-state index in [1.54, 1.807) is 37.3 Å². The molecular formula is C15H14Cl2N2O2S. The molecule has 2 rings (SSSR count). The molecule has 2 amide bonds. The van der Waals surface area contributed by atoms with Crippen LogP contribution in [0.5, 0.6) is 0 Å². The molecule has 1 aromatic heterocycles. The molecule has 1 heterocycles. The minimum absolute atomic E-state index is 0.262. The summed E-state index contributed by atoms with van der Waals surface area (Å²) >= 11 is 13.2. The highest BCUT2D eigenvalue weighted by Gasteiger charge is 2.17. The van der Waals surface area contributed by atoms with Crippen molar-refractivity contribution in [1.82, 2.24) is 10.6 Å². The molecule has 2 N–H and O–H groups in total. The number of carbonyl (C=O) groups excluding carboxylic acids is 2. The van der Waals surface area contributed by atoms with E-state index in [9.17, 15) is 9.59 Å². The molecule has 0 saturated heterocycles. The van der Waals surface area contributed by atoms with Crippen LogP contribution in [0.15, 0.2) is 35.7 Å². The lowest BCUT2D eigenvalue weighted by Gasteiger charge is -2.14. The van der Waals surface area contributed by atoms with E-state index in [0.29, 0.717) is 14.9 Å². The molecule has 0 bridgehead atoms. The molecule has 1 atom stereocenters. The van der Waals surface area contributed by atoms with E-state index in [0.717, 1.165) is 5.56 Å². The van der Waals surface area contributed by atoms with Crippen LogP contribution < -0.4 is 10.6 Å². The molecular weight excluding hydrogens is 343 g/mol. The van der Waals surface area contributed by atoms with Gasteiger partial charge in [-0.1, -0.05) is 35.3 Å². The van der Waals surface area contributed by atoms with Crippen LogP contribution in [-0.2, 0) is 11.3 Å². The third-order valence-corrected chi connectivity index (χ3v) is 4.41. The fraction of sp³-hybridized carbons (Fsp3) is 0.200. The summed E-state index contributed by atoms with van der Waals surface area (Å²) in [6, 6.07) is 7.93. The molecule has 1 unspecified atom stereocenters. The molecule has 0 aliphatic carbocycles. The lowest BCUT2D eigenvalue weighted by atomic mass is 10.2. The van der Waals surface area contributed by atoms with Gasteiger partial charge in [0.05, 0.1) is 4.88 Å². The molecule has 1 aromatic carbocycles. The number of benzene rings is 1. The van der Waals surface area contributed by atoms with Crippen LogP contribution in [0, 0.1) is 0 Å². The zero-order chi connectivity index (χ0) is 16.1. The van der Waals surface area contributed by atoms with Crippen LogP contribution in [0.3, 0.4) is 0 Å². The van der Waals surface area contributed by atoms with Crippen LogP contribution >= 0.6 is 34.5 Å². The first-order chi connectivity index (χ1) is 10.5. The molecule has 2 aromatic rings. The van der Waals surface area contributed by atoms with Crippen LogP contribution in [-0.4, -0.2) is 17.9 Å². The van der Waals surface area contributed by atoms with Gasteiger partial charge in [0, 0.05) is 16.6 Å². The van der Waals surface area contributed by atoms with Crippen LogP contribution in [0.2, 0.25) is 10.0 Å².